The normalized spacial score (nSPS) is 10.5. The minimum absolute atomic E-state index is 0.333. The quantitative estimate of drug-likeness (QED) is 0.844. The number of hydrogen-bond acceptors (Lipinski definition) is 5. The van der Waals surface area contributed by atoms with Crippen LogP contribution in [0.5, 0.6) is 17.4 Å². The topological polar surface area (TPSA) is 77.7 Å². The monoisotopic (exact) mass is 329 g/mol. The Hall–Kier alpha value is -2.76. The van der Waals surface area contributed by atoms with Gasteiger partial charge in [-0.15, -0.1) is 0 Å². The minimum Gasteiger partial charge on any atom is -0.493 e. The summed E-state index contributed by atoms with van der Waals surface area (Å²) in [6.07, 6.45) is 1.38. The van der Waals surface area contributed by atoms with Crippen molar-refractivity contribution in [1.82, 2.24) is 4.98 Å². The molecule has 1 amide bonds. The number of benzene rings is 1. The second-order valence-corrected chi connectivity index (χ2v) is 5.96. The summed E-state index contributed by atoms with van der Waals surface area (Å²) in [7, 11) is 3.64. The van der Waals surface area contributed by atoms with E-state index in [4.69, 9.17) is 15.2 Å². The molecular weight excluding hydrogens is 306 g/mol. The first-order chi connectivity index (χ1) is 11.4. The number of anilines is 1. The first kappa shape index (κ1) is 17.6. The third-order valence-electron chi connectivity index (χ3n) is 3.46. The van der Waals surface area contributed by atoms with Gasteiger partial charge in [0.05, 0.1) is 12.7 Å². The molecule has 0 fully saturated rings. The number of carbonyl (C=O) groups excluding carboxylic acids is 1. The van der Waals surface area contributed by atoms with E-state index >= 15 is 0 Å². The Morgan fingerprint density at radius 2 is 2.00 bits per heavy atom. The van der Waals surface area contributed by atoms with Crippen LogP contribution in [-0.2, 0) is 0 Å². The summed E-state index contributed by atoms with van der Waals surface area (Å²) in [4.78, 5) is 17.3. The Morgan fingerprint density at radius 1 is 1.25 bits per heavy atom. The fraction of sp³-hybridized carbons (Fsp3) is 0.333. The molecule has 0 bridgehead atoms. The molecule has 0 aliphatic carbocycles. The van der Waals surface area contributed by atoms with Gasteiger partial charge < -0.3 is 20.1 Å². The zero-order chi connectivity index (χ0) is 17.7. The number of nitrogens with zero attached hydrogens (tertiary/aromatic N) is 2. The highest BCUT2D eigenvalue weighted by molar-refractivity contribution is 5.92. The maximum atomic E-state index is 11.1. The predicted octanol–water partition coefficient (Wildman–Crippen LogP) is 3.07. The van der Waals surface area contributed by atoms with Gasteiger partial charge in [-0.3, -0.25) is 4.79 Å². The molecule has 24 heavy (non-hydrogen) atoms. The second kappa shape index (κ2) is 7.68. The van der Waals surface area contributed by atoms with Gasteiger partial charge in [-0.2, -0.15) is 0 Å². The molecule has 0 radical (unpaired) electrons. The molecule has 0 aliphatic heterocycles. The van der Waals surface area contributed by atoms with E-state index in [1.165, 1.54) is 6.20 Å². The van der Waals surface area contributed by atoms with E-state index in [9.17, 15) is 4.79 Å². The van der Waals surface area contributed by atoms with Crippen molar-refractivity contribution in [3.8, 4) is 17.4 Å². The van der Waals surface area contributed by atoms with Crippen molar-refractivity contribution in [1.29, 1.82) is 0 Å². The standard InChI is InChI=1S/C18H23N3O3/c1-12(2)11-21(3)14-6-7-15(16(9-14)23-4)24-17-8-5-13(10-20-17)18(19)22/h5-10,12H,11H2,1-4H3,(H2,19,22). The number of primary amides is 1. The summed E-state index contributed by atoms with van der Waals surface area (Å²) in [5, 5.41) is 0. The second-order valence-electron chi connectivity index (χ2n) is 5.96. The Labute approximate surface area is 142 Å². The summed E-state index contributed by atoms with van der Waals surface area (Å²) in [6, 6.07) is 8.91. The first-order valence-electron chi connectivity index (χ1n) is 7.73. The molecule has 6 heteroatoms. The molecule has 128 valence electrons. The van der Waals surface area contributed by atoms with Gasteiger partial charge in [0, 0.05) is 37.6 Å². The molecule has 0 unspecified atom stereocenters. The average Bonchev–Trinajstić information content (AvgIpc) is 2.55. The summed E-state index contributed by atoms with van der Waals surface area (Å²) in [6.45, 7) is 5.29. The number of amides is 1. The SMILES string of the molecule is COc1cc(N(C)CC(C)C)ccc1Oc1ccc(C(N)=O)cn1. The largest absolute Gasteiger partial charge is 0.493 e. The van der Waals surface area contributed by atoms with Gasteiger partial charge in [-0.1, -0.05) is 13.8 Å². The maximum absolute atomic E-state index is 11.1. The van der Waals surface area contributed by atoms with Crippen LogP contribution in [0.4, 0.5) is 5.69 Å². The summed E-state index contributed by atoms with van der Waals surface area (Å²) in [5.41, 5.74) is 6.58. The molecule has 2 N–H and O–H groups in total. The van der Waals surface area contributed by atoms with Crippen LogP contribution in [0.3, 0.4) is 0 Å². The number of pyridine rings is 1. The lowest BCUT2D eigenvalue weighted by Crippen LogP contribution is -2.22. The zero-order valence-electron chi connectivity index (χ0n) is 14.4. The first-order valence-corrected chi connectivity index (χ1v) is 7.73. The van der Waals surface area contributed by atoms with E-state index in [2.05, 4.69) is 23.7 Å². The maximum Gasteiger partial charge on any atom is 0.250 e. The van der Waals surface area contributed by atoms with Crippen LogP contribution in [-0.4, -0.2) is 31.6 Å². The molecule has 6 nitrogen and oxygen atoms in total. The number of ether oxygens (including phenoxy) is 2. The zero-order valence-corrected chi connectivity index (χ0v) is 14.4. The van der Waals surface area contributed by atoms with Crippen LogP contribution in [0, 0.1) is 5.92 Å². The van der Waals surface area contributed by atoms with Crippen molar-refractivity contribution in [3.05, 3.63) is 42.1 Å². The molecule has 2 aromatic rings. The lowest BCUT2D eigenvalue weighted by molar-refractivity contribution is 0.1000. The van der Waals surface area contributed by atoms with Gasteiger partial charge in [0.2, 0.25) is 11.8 Å². The van der Waals surface area contributed by atoms with Crippen molar-refractivity contribution < 1.29 is 14.3 Å². The Morgan fingerprint density at radius 3 is 2.54 bits per heavy atom. The van der Waals surface area contributed by atoms with Crippen LogP contribution in [0.15, 0.2) is 36.5 Å². The van der Waals surface area contributed by atoms with Gasteiger partial charge >= 0.3 is 0 Å². The van der Waals surface area contributed by atoms with E-state index in [0.29, 0.717) is 28.9 Å². The van der Waals surface area contributed by atoms with Crippen LogP contribution in [0.2, 0.25) is 0 Å². The highest BCUT2D eigenvalue weighted by Gasteiger charge is 2.11. The van der Waals surface area contributed by atoms with E-state index in [1.54, 1.807) is 19.2 Å². The fourth-order valence-corrected chi connectivity index (χ4v) is 2.33. The molecule has 1 aromatic heterocycles. The Kier molecular flexibility index (Phi) is 5.63. The van der Waals surface area contributed by atoms with Crippen molar-refractivity contribution in [3.63, 3.8) is 0 Å². The Balaban J connectivity index is 2.19. The molecule has 2 rings (SSSR count). The molecule has 0 saturated heterocycles. The van der Waals surface area contributed by atoms with Crippen molar-refractivity contribution in [2.24, 2.45) is 11.7 Å². The third kappa shape index (κ3) is 4.38. The average molecular weight is 329 g/mol. The van der Waals surface area contributed by atoms with Gasteiger partial charge in [-0.05, 0) is 24.1 Å². The van der Waals surface area contributed by atoms with E-state index in [0.717, 1.165) is 12.2 Å². The summed E-state index contributed by atoms with van der Waals surface area (Å²) in [5.74, 6) is 1.57. The van der Waals surface area contributed by atoms with E-state index < -0.39 is 5.91 Å². The number of aromatic nitrogens is 1. The van der Waals surface area contributed by atoms with Gasteiger partial charge in [0.25, 0.3) is 0 Å². The molecular formula is C18H23N3O3. The number of hydrogen-bond donors (Lipinski definition) is 1. The van der Waals surface area contributed by atoms with E-state index in [-0.39, 0.29) is 0 Å². The van der Waals surface area contributed by atoms with Gasteiger partial charge in [0.1, 0.15) is 0 Å². The predicted molar refractivity (Wildman–Crippen MR) is 93.9 cm³/mol. The van der Waals surface area contributed by atoms with E-state index in [1.807, 2.05) is 25.2 Å². The lowest BCUT2D eigenvalue weighted by atomic mass is 10.2. The summed E-state index contributed by atoms with van der Waals surface area (Å²) < 4.78 is 11.2. The highest BCUT2D eigenvalue weighted by Crippen LogP contribution is 2.34. The number of rotatable bonds is 7. The number of carbonyl (C=O) groups is 1. The Bertz CT molecular complexity index is 699. The van der Waals surface area contributed by atoms with Gasteiger partial charge in [0.15, 0.2) is 11.5 Å². The number of methoxy groups -OCH3 is 1. The number of nitrogens with two attached hydrogens (primary N) is 1. The highest BCUT2D eigenvalue weighted by atomic mass is 16.5. The molecule has 0 saturated carbocycles. The third-order valence-corrected chi connectivity index (χ3v) is 3.46. The minimum atomic E-state index is -0.524. The molecule has 1 aromatic carbocycles. The summed E-state index contributed by atoms with van der Waals surface area (Å²) >= 11 is 0. The van der Waals surface area contributed by atoms with Gasteiger partial charge in [-0.25, -0.2) is 4.98 Å². The van der Waals surface area contributed by atoms with Crippen LogP contribution in [0.1, 0.15) is 24.2 Å². The van der Waals surface area contributed by atoms with Crippen LogP contribution >= 0.6 is 0 Å². The molecule has 0 spiro atoms. The fourth-order valence-electron chi connectivity index (χ4n) is 2.33. The van der Waals surface area contributed by atoms with Crippen LogP contribution in [0.25, 0.3) is 0 Å². The smallest absolute Gasteiger partial charge is 0.250 e. The van der Waals surface area contributed by atoms with Crippen LogP contribution < -0.4 is 20.1 Å². The van der Waals surface area contributed by atoms with Crippen molar-refractivity contribution >= 4 is 11.6 Å². The molecule has 1 heterocycles. The molecule has 0 aliphatic rings. The lowest BCUT2D eigenvalue weighted by Gasteiger charge is -2.22. The van der Waals surface area contributed by atoms with Crippen molar-refractivity contribution in [2.75, 3.05) is 25.6 Å². The van der Waals surface area contributed by atoms with Crippen molar-refractivity contribution in [2.45, 2.75) is 13.8 Å². The molecule has 0 atom stereocenters.